The summed E-state index contributed by atoms with van der Waals surface area (Å²) in [5.41, 5.74) is 7.03. The fourth-order valence-corrected chi connectivity index (χ4v) is 3.10. The number of hydrogen-bond donors (Lipinski definition) is 1. The number of amides is 1. The first-order valence-corrected chi connectivity index (χ1v) is 6.49. The Bertz CT molecular complexity index is 518. The predicted molar refractivity (Wildman–Crippen MR) is 68.3 cm³/mol. The molecule has 3 nitrogen and oxygen atoms in total. The molecule has 102 valence electrons. The number of halogens is 2. The highest BCUT2D eigenvalue weighted by atomic mass is 19.3. The van der Waals surface area contributed by atoms with E-state index in [2.05, 4.69) is 0 Å². The van der Waals surface area contributed by atoms with Crippen molar-refractivity contribution in [3.8, 4) is 0 Å². The van der Waals surface area contributed by atoms with Gasteiger partial charge in [0.15, 0.2) is 0 Å². The van der Waals surface area contributed by atoms with Crippen molar-refractivity contribution < 1.29 is 13.6 Å². The number of anilines is 1. The van der Waals surface area contributed by atoms with E-state index in [0.717, 1.165) is 11.3 Å². The Morgan fingerprint density at radius 1 is 1.42 bits per heavy atom. The SMILES string of the molecule is NC(=O)CN1CC[C@H]([C@H]2CC2(F)F)c2ccccc21. The minimum atomic E-state index is -2.51. The van der Waals surface area contributed by atoms with Crippen LogP contribution in [0.15, 0.2) is 24.3 Å². The van der Waals surface area contributed by atoms with Gasteiger partial charge in [0.05, 0.1) is 6.54 Å². The van der Waals surface area contributed by atoms with Crippen LogP contribution < -0.4 is 10.6 Å². The van der Waals surface area contributed by atoms with E-state index in [1.54, 1.807) is 0 Å². The van der Waals surface area contributed by atoms with Crippen molar-refractivity contribution in [2.24, 2.45) is 11.7 Å². The van der Waals surface area contributed by atoms with Gasteiger partial charge in [0, 0.05) is 24.6 Å². The van der Waals surface area contributed by atoms with Gasteiger partial charge >= 0.3 is 0 Å². The first-order chi connectivity index (χ1) is 8.99. The number of carbonyl (C=O) groups is 1. The van der Waals surface area contributed by atoms with E-state index < -0.39 is 17.7 Å². The van der Waals surface area contributed by atoms with Gasteiger partial charge in [-0.25, -0.2) is 8.78 Å². The molecule has 5 heteroatoms. The molecular weight excluding hydrogens is 250 g/mol. The highest BCUT2D eigenvalue weighted by Crippen LogP contribution is 2.58. The van der Waals surface area contributed by atoms with Crippen molar-refractivity contribution >= 4 is 11.6 Å². The van der Waals surface area contributed by atoms with Gasteiger partial charge in [-0.1, -0.05) is 18.2 Å². The molecule has 2 N–H and O–H groups in total. The molecule has 3 rings (SSSR count). The zero-order valence-corrected chi connectivity index (χ0v) is 10.5. The maximum atomic E-state index is 13.3. The summed E-state index contributed by atoms with van der Waals surface area (Å²) in [5, 5.41) is 0. The Morgan fingerprint density at radius 3 is 2.74 bits per heavy atom. The molecule has 1 heterocycles. The lowest BCUT2D eigenvalue weighted by atomic mass is 9.86. The molecule has 0 bridgehead atoms. The second-order valence-electron chi connectivity index (χ2n) is 5.41. The van der Waals surface area contributed by atoms with Crippen molar-refractivity contribution in [2.45, 2.75) is 24.7 Å². The molecule has 1 amide bonds. The molecule has 0 unspecified atom stereocenters. The van der Waals surface area contributed by atoms with Crippen LogP contribution >= 0.6 is 0 Å². The summed E-state index contributed by atoms with van der Waals surface area (Å²) in [6, 6.07) is 7.49. The lowest BCUT2D eigenvalue weighted by Gasteiger charge is -2.35. The molecule has 2 atom stereocenters. The van der Waals surface area contributed by atoms with E-state index in [4.69, 9.17) is 5.73 Å². The molecule has 0 aromatic heterocycles. The second-order valence-corrected chi connectivity index (χ2v) is 5.41. The van der Waals surface area contributed by atoms with Crippen LogP contribution in [0.3, 0.4) is 0 Å². The van der Waals surface area contributed by atoms with Crippen LogP contribution in [0.1, 0.15) is 24.3 Å². The largest absolute Gasteiger partial charge is 0.368 e. The van der Waals surface area contributed by atoms with Gasteiger partial charge in [-0.05, 0) is 24.0 Å². The highest BCUT2D eigenvalue weighted by Gasteiger charge is 2.60. The van der Waals surface area contributed by atoms with E-state index in [0.29, 0.717) is 13.0 Å². The fourth-order valence-electron chi connectivity index (χ4n) is 3.10. The summed E-state index contributed by atoms with van der Waals surface area (Å²) in [6.07, 6.45) is 0.645. The topological polar surface area (TPSA) is 46.3 Å². The van der Waals surface area contributed by atoms with Gasteiger partial charge in [-0.2, -0.15) is 0 Å². The number of para-hydroxylation sites is 1. The third-order valence-corrected chi connectivity index (χ3v) is 4.09. The summed E-state index contributed by atoms with van der Waals surface area (Å²) in [6.45, 7) is 0.752. The molecule has 1 fully saturated rings. The Hall–Kier alpha value is -1.65. The van der Waals surface area contributed by atoms with Gasteiger partial charge in [-0.3, -0.25) is 4.79 Å². The molecule has 0 saturated heterocycles. The summed E-state index contributed by atoms with van der Waals surface area (Å²) >= 11 is 0. The van der Waals surface area contributed by atoms with Crippen molar-refractivity contribution in [3.63, 3.8) is 0 Å². The summed E-state index contributed by atoms with van der Waals surface area (Å²) in [4.78, 5) is 13.0. The van der Waals surface area contributed by atoms with Crippen LogP contribution in [0.25, 0.3) is 0 Å². The molecule has 2 aliphatic rings. The zero-order valence-electron chi connectivity index (χ0n) is 10.5. The molecule has 19 heavy (non-hydrogen) atoms. The quantitative estimate of drug-likeness (QED) is 0.911. The maximum absolute atomic E-state index is 13.3. The first-order valence-electron chi connectivity index (χ1n) is 6.49. The molecule has 1 aromatic rings. The normalized spacial score (nSPS) is 27.8. The molecule has 1 aromatic carbocycles. The zero-order chi connectivity index (χ0) is 13.6. The van der Waals surface area contributed by atoms with Crippen molar-refractivity contribution in [1.29, 1.82) is 0 Å². The number of hydrogen-bond acceptors (Lipinski definition) is 2. The average Bonchev–Trinajstić information content (AvgIpc) is 2.98. The number of benzene rings is 1. The Kier molecular flexibility index (Phi) is 2.73. The van der Waals surface area contributed by atoms with Crippen molar-refractivity contribution in [2.75, 3.05) is 18.0 Å². The molecule has 0 spiro atoms. The van der Waals surface area contributed by atoms with Gasteiger partial charge in [0.25, 0.3) is 5.92 Å². The van der Waals surface area contributed by atoms with Crippen LogP contribution in [-0.4, -0.2) is 24.9 Å². The monoisotopic (exact) mass is 266 g/mol. The summed E-state index contributed by atoms with van der Waals surface area (Å²) < 4.78 is 26.6. The molecule has 1 aliphatic carbocycles. The number of nitrogens with zero attached hydrogens (tertiary/aromatic N) is 1. The van der Waals surface area contributed by atoms with E-state index in [1.165, 1.54) is 0 Å². The molecule has 0 radical (unpaired) electrons. The van der Waals surface area contributed by atoms with Crippen molar-refractivity contribution in [1.82, 2.24) is 0 Å². The van der Waals surface area contributed by atoms with E-state index >= 15 is 0 Å². The number of nitrogens with two attached hydrogens (primary N) is 1. The number of carbonyl (C=O) groups excluding carboxylic acids is 1. The number of rotatable bonds is 3. The highest BCUT2D eigenvalue weighted by molar-refractivity contribution is 5.80. The van der Waals surface area contributed by atoms with Gasteiger partial charge in [0.2, 0.25) is 5.91 Å². The van der Waals surface area contributed by atoms with Gasteiger partial charge < -0.3 is 10.6 Å². The third-order valence-electron chi connectivity index (χ3n) is 4.09. The number of primary amides is 1. The summed E-state index contributed by atoms with van der Waals surface area (Å²) in [7, 11) is 0. The van der Waals surface area contributed by atoms with E-state index in [1.807, 2.05) is 29.2 Å². The van der Waals surface area contributed by atoms with Crippen LogP contribution in [-0.2, 0) is 4.79 Å². The van der Waals surface area contributed by atoms with Crippen LogP contribution in [0.4, 0.5) is 14.5 Å². The number of alkyl halides is 2. The van der Waals surface area contributed by atoms with Gasteiger partial charge in [0.1, 0.15) is 0 Å². The maximum Gasteiger partial charge on any atom is 0.252 e. The lowest BCUT2D eigenvalue weighted by Crippen LogP contribution is -2.38. The Balaban J connectivity index is 1.90. The van der Waals surface area contributed by atoms with Gasteiger partial charge in [-0.15, -0.1) is 0 Å². The molecular formula is C14H16F2N2O. The minimum absolute atomic E-state index is 0.0121. The number of fused-ring (bicyclic) bond motifs is 1. The third kappa shape index (κ3) is 2.17. The standard InChI is InChI=1S/C14H16F2N2O/c15-14(16)7-11(14)9-5-6-18(8-13(17)19)12-4-2-1-3-10(9)12/h1-4,9,11H,5-8H2,(H2,17,19)/t9-,11+/m0/s1. The Morgan fingerprint density at radius 2 is 2.11 bits per heavy atom. The van der Waals surface area contributed by atoms with Crippen LogP contribution in [0, 0.1) is 5.92 Å². The minimum Gasteiger partial charge on any atom is -0.368 e. The first kappa shape index (κ1) is 12.4. The van der Waals surface area contributed by atoms with E-state index in [-0.39, 0.29) is 18.9 Å². The average molecular weight is 266 g/mol. The second kappa shape index (κ2) is 4.18. The van der Waals surface area contributed by atoms with Crippen LogP contribution in [0.5, 0.6) is 0 Å². The molecule has 1 saturated carbocycles. The molecule has 1 aliphatic heterocycles. The smallest absolute Gasteiger partial charge is 0.252 e. The van der Waals surface area contributed by atoms with Crippen molar-refractivity contribution in [3.05, 3.63) is 29.8 Å². The lowest BCUT2D eigenvalue weighted by molar-refractivity contribution is -0.116. The Labute approximate surface area is 110 Å². The van der Waals surface area contributed by atoms with Crippen LogP contribution in [0.2, 0.25) is 0 Å². The predicted octanol–water partition coefficient (Wildman–Crippen LogP) is 2.12. The summed E-state index contributed by atoms with van der Waals surface area (Å²) in [5.74, 6) is -3.55. The fraction of sp³-hybridized carbons (Fsp3) is 0.500. The van der Waals surface area contributed by atoms with E-state index in [9.17, 15) is 13.6 Å².